The van der Waals surface area contributed by atoms with Crippen LogP contribution in [0.2, 0.25) is 0 Å². The largest absolute Gasteiger partial charge is 0.490 e. The lowest BCUT2D eigenvalue weighted by molar-refractivity contribution is -0.129. The van der Waals surface area contributed by atoms with Gasteiger partial charge >= 0.3 is 0 Å². The first-order valence-corrected chi connectivity index (χ1v) is 12.0. The fourth-order valence-electron chi connectivity index (χ4n) is 4.62. The minimum Gasteiger partial charge on any atom is -0.490 e. The van der Waals surface area contributed by atoms with Gasteiger partial charge in [0.1, 0.15) is 24.2 Å². The van der Waals surface area contributed by atoms with Crippen molar-refractivity contribution in [2.45, 2.75) is 25.5 Å². The lowest BCUT2D eigenvalue weighted by atomic mass is 10.1. The summed E-state index contributed by atoms with van der Waals surface area (Å²) in [4.78, 5) is 29.2. The monoisotopic (exact) mass is 487 g/mol. The number of pyridine rings is 2. The zero-order valence-electron chi connectivity index (χ0n) is 20.3. The van der Waals surface area contributed by atoms with Crippen LogP contribution in [-0.2, 0) is 17.8 Å². The molecular formula is C27H29N5O4. The van der Waals surface area contributed by atoms with Crippen molar-refractivity contribution in [3.8, 4) is 17.4 Å². The Hall–Kier alpha value is -4.14. The molecule has 36 heavy (non-hydrogen) atoms. The van der Waals surface area contributed by atoms with Gasteiger partial charge in [0.25, 0.3) is 0 Å². The molecule has 0 radical (unpaired) electrons. The number of rotatable bonds is 8. The van der Waals surface area contributed by atoms with Gasteiger partial charge in [-0.05, 0) is 42.6 Å². The number of methoxy groups -OCH3 is 1. The number of hydrogen-bond acceptors (Lipinski definition) is 8. The first-order chi connectivity index (χ1) is 17.6. The molecule has 1 fully saturated rings. The molecule has 4 heterocycles. The first-order valence-electron chi connectivity index (χ1n) is 12.0. The van der Waals surface area contributed by atoms with E-state index in [1.54, 1.807) is 25.7 Å². The van der Waals surface area contributed by atoms with Crippen molar-refractivity contribution in [1.82, 2.24) is 14.9 Å². The van der Waals surface area contributed by atoms with Crippen LogP contribution < -0.4 is 19.1 Å². The van der Waals surface area contributed by atoms with Crippen LogP contribution in [0.4, 0.5) is 11.4 Å². The SMILES string of the molecule is C=NCc1cc(N2CCOc3ccc(O[C@H]4CCN(C(=O)Cc5ccncc5)C4)cc32)cnc1OC. The fraction of sp³-hybridized carbons (Fsp3) is 0.333. The Kier molecular flexibility index (Phi) is 6.97. The highest BCUT2D eigenvalue weighted by Crippen LogP contribution is 2.40. The summed E-state index contributed by atoms with van der Waals surface area (Å²) in [6.45, 7) is 6.51. The van der Waals surface area contributed by atoms with Crippen molar-refractivity contribution in [2.75, 3.05) is 38.3 Å². The van der Waals surface area contributed by atoms with Crippen LogP contribution in [0.1, 0.15) is 17.5 Å². The van der Waals surface area contributed by atoms with E-state index in [4.69, 9.17) is 14.2 Å². The highest BCUT2D eigenvalue weighted by molar-refractivity contribution is 5.79. The van der Waals surface area contributed by atoms with Crippen LogP contribution in [0.5, 0.6) is 17.4 Å². The summed E-state index contributed by atoms with van der Waals surface area (Å²) in [5.41, 5.74) is 3.67. The average molecular weight is 488 g/mol. The molecule has 3 aromatic rings. The number of benzene rings is 1. The van der Waals surface area contributed by atoms with Crippen molar-refractivity contribution < 1.29 is 19.0 Å². The highest BCUT2D eigenvalue weighted by atomic mass is 16.5. The molecule has 5 rings (SSSR count). The molecule has 0 aliphatic carbocycles. The molecule has 2 aliphatic heterocycles. The molecule has 0 unspecified atom stereocenters. The molecule has 0 N–H and O–H groups in total. The maximum absolute atomic E-state index is 12.7. The molecule has 0 saturated carbocycles. The molecule has 9 heteroatoms. The summed E-state index contributed by atoms with van der Waals surface area (Å²) in [6.07, 6.45) is 6.31. The summed E-state index contributed by atoms with van der Waals surface area (Å²) in [5.74, 6) is 2.18. The van der Waals surface area contributed by atoms with Crippen molar-refractivity contribution in [3.63, 3.8) is 0 Å². The Morgan fingerprint density at radius 3 is 2.89 bits per heavy atom. The van der Waals surface area contributed by atoms with Gasteiger partial charge in [-0.1, -0.05) is 0 Å². The van der Waals surface area contributed by atoms with Crippen molar-refractivity contribution in [3.05, 3.63) is 66.1 Å². The van der Waals surface area contributed by atoms with E-state index in [2.05, 4.69) is 26.6 Å². The minimum absolute atomic E-state index is 0.0599. The second-order valence-corrected chi connectivity index (χ2v) is 8.77. The number of anilines is 2. The van der Waals surface area contributed by atoms with Gasteiger partial charge in [-0.2, -0.15) is 0 Å². The predicted molar refractivity (Wildman–Crippen MR) is 137 cm³/mol. The topological polar surface area (TPSA) is 89.4 Å². The van der Waals surface area contributed by atoms with E-state index in [-0.39, 0.29) is 12.0 Å². The number of likely N-dealkylation sites (tertiary alicyclic amines) is 1. The fourth-order valence-corrected chi connectivity index (χ4v) is 4.62. The second kappa shape index (κ2) is 10.6. The van der Waals surface area contributed by atoms with E-state index < -0.39 is 0 Å². The molecule has 2 aromatic heterocycles. The molecule has 1 atom stereocenters. The third-order valence-corrected chi connectivity index (χ3v) is 6.40. The van der Waals surface area contributed by atoms with Gasteiger partial charge in [-0.3, -0.25) is 14.8 Å². The van der Waals surface area contributed by atoms with E-state index in [1.165, 1.54) is 0 Å². The lowest BCUT2D eigenvalue weighted by Crippen LogP contribution is -2.32. The molecule has 0 spiro atoms. The standard InChI is InChI=1S/C27H29N5O4/c1-28-16-20-14-21(17-30-27(20)34-2)32-11-12-35-25-4-3-22(15-24(25)32)36-23-7-10-31(18-23)26(33)13-19-5-8-29-9-6-19/h3-6,8-9,14-15,17,23H,1,7,10-13,16,18H2,2H3/t23-/m0/s1. The molecule has 0 bridgehead atoms. The molecule has 9 nitrogen and oxygen atoms in total. The number of nitrogens with zero attached hydrogens (tertiary/aromatic N) is 5. The number of aromatic nitrogens is 2. The number of ether oxygens (including phenoxy) is 3. The number of aliphatic imine (C=N–C) groups is 1. The Labute approximate surface area is 210 Å². The third-order valence-electron chi connectivity index (χ3n) is 6.40. The maximum Gasteiger partial charge on any atom is 0.227 e. The molecule has 2 aliphatic rings. The Morgan fingerprint density at radius 2 is 2.08 bits per heavy atom. The minimum atomic E-state index is -0.0599. The van der Waals surface area contributed by atoms with E-state index in [1.807, 2.05) is 41.3 Å². The molecule has 1 saturated heterocycles. The van der Waals surface area contributed by atoms with Crippen LogP contribution in [0, 0.1) is 0 Å². The quantitative estimate of drug-likeness (QED) is 0.450. The van der Waals surface area contributed by atoms with Crippen LogP contribution in [-0.4, -0.2) is 66.9 Å². The Bertz CT molecular complexity index is 1240. The van der Waals surface area contributed by atoms with E-state index >= 15 is 0 Å². The first kappa shape index (κ1) is 23.6. The summed E-state index contributed by atoms with van der Waals surface area (Å²) in [6, 6.07) is 11.6. The maximum atomic E-state index is 12.7. The summed E-state index contributed by atoms with van der Waals surface area (Å²) < 4.78 is 17.6. The van der Waals surface area contributed by atoms with Gasteiger partial charge in [-0.25, -0.2) is 4.98 Å². The predicted octanol–water partition coefficient (Wildman–Crippen LogP) is 3.44. The van der Waals surface area contributed by atoms with E-state index in [9.17, 15) is 4.79 Å². The summed E-state index contributed by atoms with van der Waals surface area (Å²) >= 11 is 0. The Balaban J connectivity index is 1.29. The number of carbonyl (C=O) groups is 1. The summed E-state index contributed by atoms with van der Waals surface area (Å²) in [5, 5.41) is 0. The Morgan fingerprint density at radius 1 is 1.22 bits per heavy atom. The van der Waals surface area contributed by atoms with Crippen LogP contribution in [0.15, 0.2) is 60.0 Å². The summed E-state index contributed by atoms with van der Waals surface area (Å²) in [7, 11) is 1.60. The number of fused-ring (bicyclic) bond motifs is 1. The molecule has 186 valence electrons. The number of hydrogen-bond donors (Lipinski definition) is 0. The third kappa shape index (κ3) is 5.10. The van der Waals surface area contributed by atoms with Gasteiger partial charge in [0.15, 0.2) is 0 Å². The zero-order chi connectivity index (χ0) is 24.9. The molecular weight excluding hydrogens is 458 g/mol. The highest BCUT2D eigenvalue weighted by Gasteiger charge is 2.28. The van der Waals surface area contributed by atoms with Crippen LogP contribution in [0.3, 0.4) is 0 Å². The smallest absolute Gasteiger partial charge is 0.227 e. The zero-order valence-corrected chi connectivity index (χ0v) is 20.3. The second-order valence-electron chi connectivity index (χ2n) is 8.77. The van der Waals surface area contributed by atoms with E-state index in [0.717, 1.165) is 40.4 Å². The van der Waals surface area contributed by atoms with Gasteiger partial charge in [0.2, 0.25) is 11.8 Å². The van der Waals surface area contributed by atoms with Gasteiger partial charge in [-0.15, -0.1) is 0 Å². The van der Waals surface area contributed by atoms with Gasteiger partial charge in [0, 0.05) is 37.0 Å². The average Bonchev–Trinajstić information content (AvgIpc) is 3.38. The van der Waals surface area contributed by atoms with E-state index in [0.29, 0.717) is 45.1 Å². The van der Waals surface area contributed by atoms with Gasteiger partial charge in [0.05, 0.1) is 50.7 Å². The van der Waals surface area contributed by atoms with Crippen LogP contribution >= 0.6 is 0 Å². The molecule has 1 amide bonds. The number of carbonyl (C=O) groups excluding carboxylic acids is 1. The van der Waals surface area contributed by atoms with Gasteiger partial charge < -0.3 is 24.0 Å². The lowest BCUT2D eigenvalue weighted by Gasteiger charge is -2.32. The molecule has 1 aromatic carbocycles. The van der Waals surface area contributed by atoms with Crippen molar-refractivity contribution in [2.24, 2.45) is 4.99 Å². The van der Waals surface area contributed by atoms with Crippen LogP contribution in [0.25, 0.3) is 0 Å². The number of amides is 1. The normalized spacial score (nSPS) is 16.8. The van der Waals surface area contributed by atoms with Crippen molar-refractivity contribution in [1.29, 1.82) is 0 Å². The van der Waals surface area contributed by atoms with Crippen molar-refractivity contribution >= 4 is 24.0 Å².